The van der Waals surface area contributed by atoms with Gasteiger partial charge in [-0.3, -0.25) is 4.79 Å². The van der Waals surface area contributed by atoms with Crippen LogP contribution in [0.5, 0.6) is 0 Å². The van der Waals surface area contributed by atoms with Crippen LogP contribution in [0.3, 0.4) is 0 Å². The fraction of sp³-hybridized carbons (Fsp3) is 0.846. The summed E-state index contributed by atoms with van der Waals surface area (Å²) in [5, 5.41) is 2.71. The number of hydrogen-bond acceptors (Lipinski definition) is 4. The highest BCUT2D eigenvalue weighted by Crippen LogP contribution is 2.32. The number of hydrogen-bond donors (Lipinski definition) is 1. The van der Waals surface area contributed by atoms with Crippen LogP contribution < -0.4 is 5.32 Å². The van der Waals surface area contributed by atoms with E-state index in [1.807, 2.05) is 20.8 Å². The average Bonchev–Trinajstić information content (AvgIpc) is 2.72. The second kappa shape index (κ2) is 6.98. The highest BCUT2D eigenvalue weighted by molar-refractivity contribution is 6.17. The average molecular weight is 292 g/mol. The number of alkyl carbamates (subject to hydrolysis) is 1. The van der Waals surface area contributed by atoms with Gasteiger partial charge in [-0.05, 0) is 39.5 Å². The number of alkyl halides is 1. The standard InChI is InChI=1S/C13H22ClNO4/c1-13(2,3)19-12(17)15-7-9-5-4-6-10(9)11(16)18-8-14/h9-10H,4-8H2,1-3H3,(H,15,17)/t9-,10-/m1/s1. The number of rotatable bonds is 4. The van der Waals surface area contributed by atoms with Crippen LogP contribution in [0.15, 0.2) is 0 Å². The van der Waals surface area contributed by atoms with E-state index in [0.717, 1.165) is 19.3 Å². The van der Waals surface area contributed by atoms with E-state index in [0.29, 0.717) is 6.54 Å². The smallest absolute Gasteiger partial charge is 0.407 e. The van der Waals surface area contributed by atoms with E-state index in [2.05, 4.69) is 5.32 Å². The molecule has 0 aliphatic heterocycles. The van der Waals surface area contributed by atoms with E-state index in [4.69, 9.17) is 21.1 Å². The molecule has 1 aliphatic carbocycles. The molecule has 1 fully saturated rings. The first-order chi connectivity index (χ1) is 8.83. The van der Waals surface area contributed by atoms with E-state index in [-0.39, 0.29) is 23.9 Å². The zero-order chi connectivity index (χ0) is 14.5. The first-order valence-corrected chi connectivity index (χ1v) is 7.06. The summed E-state index contributed by atoms with van der Waals surface area (Å²) in [6.45, 7) is 5.85. The molecule has 110 valence electrons. The normalized spacial score (nSPS) is 22.9. The zero-order valence-electron chi connectivity index (χ0n) is 11.7. The van der Waals surface area contributed by atoms with Gasteiger partial charge >= 0.3 is 12.1 Å². The molecule has 6 heteroatoms. The van der Waals surface area contributed by atoms with Crippen molar-refractivity contribution in [2.45, 2.75) is 45.6 Å². The fourth-order valence-corrected chi connectivity index (χ4v) is 2.39. The molecule has 1 saturated carbocycles. The molecule has 5 nitrogen and oxygen atoms in total. The van der Waals surface area contributed by atoms with Gasteiger partial charge < -0.3 is 14.8 Å². The summed E-state index contributed by atoms with van der Waals surface area (Å²) < 4.78 is 9.98. The van der Waals surface area contributed by atoms with Gasteiger partial charge in [-0.25, -0.2) is 4.79 Å². The van der Waals surface area contributed by atoms with Crippen molar-refractivity contribution >= 4 is 23.7 Å². The third-order valence-corrected chi connectivity index (χ3v) is 3.18. The van der Waals surface area contributed by atoms with Crippen molar-refractivity contribution in [1.29, 1.82) is 0 Å². The van der Waals surface area contributed by atoms with Crippen LogP contribution in [-0.4, -0.2) is 30.3 Å². The lowest BCUT2D eigenvalue weighted by Crippen LogP contribution is -2.37. The Balaban J connectivity index is 2.39. The summed E-state index contributed by atoms with van der Waals surface area (Å²) in [5.74, 6) is -0.347. The topological polar surface area (TPSA) is 64.6 Å². The minimum Gasteiger partial charge on any atom is -0.449 e. The molecule has 0 aromatic heterocycles. The van der Waals surface area contributed by atoms with Gasteiger partial charge in [0, 0.05) is 6.54 Å². The van der Waals surface area contributed by atoms with Gasteiger partial charge in [0.25, 0.3) is 0 Å². The van der Waals surface area contributed by atoms with Crippen LogP contribution in [0.1, 0.15) is 40.0 Å². The summed E-state index contributed by atoms with van der Waals surface area (Å²) >= 11 is 5.39. The quantitative estimate of drug-likeness (QED) is 0.639. The molecule has 0 heterocycles. The van der Waals surface area contributed by atoms with Crippen molar-refractivity contribution in [1.82, 2.24) is 5.32 Å². The Morgan fingerprint density at radius 3 is 2.58 bits per heavy atom. The van der Waals surface area contributed by atoms with Crippen LogP contribution in [-0.2, 0) is 14.3 Å². The second-order valence-electron chi connectivity index (χ2n) is 5.75. The van der Waals surface area contributed by atoms with E-state index in [1.54, 1.807) is 0 Å². The summed E-state index contributed by atoms with van der Waals surface area (Å²) in [6, 6.07) is -0.123. The van der Waals surface area contributed by atoms with E-state index < -0.39 is 11.7 Å². The largest absolute Gasteiger partial charge is 0.449 e. The zero-order valence-corrected chi connectivity index (χ0v) is 12.5. The van der Waals surface area contributed by atoms with Gasteiger partial charge in [-0.1, -0.05) is 18.0 Å². The Labute approximate surface area is 119 Å². The number of esters is 1. The third-order valence-electron chi connectivity index (χ3n) is 3.07. The molecule has 0 spiro atoms. The van der Waals surface area contributed by atoms with Crippen molar-refractivity contribution in [3.8, 4) is 0 Å². The minimum absolute atomic E-state index is 0.100. The molecular formula is C13H22ClNO4. The Morgan fingerprint density at radius 2 is 2.00 bits per heavy atom. The van der Waals surface area contributed by atoms with Crippen LogP contribution in [0.4, 0.5) is 4.79 Å². The summed E-state index contributed by atoms with van der Waals surface area (Å²) in [5.41, 5.74) is -0.517. The van der Waals surface area contributed by atoms with Gasteiger partial charge in [0.1, 0.15) is 5.60 Å². The number of carbonyl (C=O) groups excluding carboxylic acids is 2. The number of carbonyl (C=O) groups is 2. The summed E-state index contributed by atoms with van der Waals surface area (Å²) in [4.78, 5) is 23.2. The molecule has 0 aromatic rings. The molecule has 1 aliphatic rings. The van der Waals surface area contributed by atoms with E-state index in [9.17, 15) is 9.59 Å². The van der Waals surface area contributed by atoms with Crippen molar-refractivity contribution in [2.24, 2.45) is 11.8 Å². The van der Waals surface area contributed by atoms with Gasteiger partial charge in [0.05, 0.1) is 5.92 Å². The molecule has 0 aromatic carbocycles. The molecule has 0 radical (unpaired) electrons. The lowest BCUT2D eigenvalue weighted by Gasteiger charge is -2.22. The Morgan fingerprint density at radius 1 is 1.32 bits per heavy atom. The molecule has 1 amide bonds. The predicted octanol–water partition coefficient (Wildman–Crippen LogP) is 2.67. The van der Waals surface area contributed by atoms with Crippen molar-refractivity contribution in [3.63, 3.8) is 0 Å². The van der Waals surface area contributed by atoms with Crippen LogP contribution in [0.25, 0.3) is 0 Å². The van der Waals surface area contributed by atoms with E-state index in [1.165, 1.54) is 0 Å². The highest BCUT2D eigenvalue weighted by Gasteiger charge is 2.34. The number of ether oxygens (including phenoxy) is 2. The molecule has 2 atom stereocenters. The molecule has 0 saturated heterocycles. The highest BCUT2D eigenvalue weighted by atomic mass is 35.5. The molecule has 0 unspecified atom stereocenters. The predicted molar refractivity (Wildman–Crippen MR) is 71.9 cm³/mol. The third kappa shape index (κ3) is 5.68. The van der Waals surface area contributed by atoms with Gasteiger partial charge in [-0.15, -0.1) is 0 Å². The van der Waals surface area contributed by atoms with Crippen molar-refractivity contribution in [3.05, 3.63) is 0 Å². The maximum absolute atomic E-state index is 11.7. The monoisotopic (exact) mass is 291 g/mol. The minimum atomic E-state index is -0.517. The Bertz CT molecular complexity index is 327. The SMILES string of the molecule is CC(C)(C)OC(=O)NC[C@H]1CCC[C@H]1C(=O)OCCl. The lowest BCUT2D eigenvalue weighted by atomic mass is 9.96. The molecule has 19 heavy (non-hydrogen) atoms. The van der Waals surface area contributed by atoms with Gasteiger partial charge in [0.15, 0.2) is 6.07 Å². The molecular weight excluding hydrogens is 270 g/mol. The van der Waals surface area contributed by atoms with Gasteiger partial charge in [0.2, 0.25) is 0 Å². The molecule has 1 rings (SSSR count). The van der Waals surface area contributed by atoms with Gasteiger partial charge in [-0.2, -0.15) is 0 Å². The number of amides is 1. The first-order valence-electron chi connectivity index (χ1n) is 6.53. The Hall–Kier alpha value is -0.970. The second-order valence-corrected chi connectivity index (χ2v) is 5.97. The maximum Gasteiger partial charge on any atom is 0.407 e. The van der Waals surface area contributed by atoms with Crippen molar-refractivity contribution in [2.75, 3.05) is 12.6 Å². The Kier molecular flexibility index (Phi) is 5.91. The summed E-state index contributed by atoms with van der Waals surface area (Å²) in [7, 11) is 0. The summed E-state index contributed by atoms with van der Waals surface area (Å²) in [6.07, 6.45) is 2.19. The molecule has 1 N–H and O–H groups in total. The van der Waals surface area contributed by atoms with Crippen molar-refractivity contribution < 1.29 is 19.1 Å². The van der Waals surface area contributed by atoms with E-state index >= 15 is 0 Å². The molecule has 0 bridgehead atoms. The fourth-order valence-electron chi connectivity index (χ4n) is 2.28. The lowest BCUT2D eigenvalue weighted by molar-refractivity contribution is -0.147. The first kappa shape index (κ1) is 16.1. The van der Waals surface area contributed by atoms with Crippen LogP contribution >= 0.6 is 11.6 Å². The van der Waals surface area contributed by atoms with Crippen LogP contribution in [0, 0.1) is 11.8 Å². The maximum atomic E-state index is 11.7. The number of halogens is 1. The number of nitrogens with one attached hydrogen (secondary N) is 1. The van der Waals surface area contributed by atoms with Crippen LogP contribution in [0.2, 0.25) is 0 Å².